The van der Waals surface area contributed by atoms with Gasteiger partial charge < -0.3 is 13.7 Å². The molecular formula is C21H20ClN5O3. The van der Waals surface area contributed by atoms with Crippen LogP contribution in [0.2, 0.25) is 5.02 Å². The van der Waals surface area contributed by atoms with Crippen molar-refractivity contribution in [2.24, 2.45) is 0 Å². The van der Waals surface area contributed by atoms with Crippen molar-refractivity contribution in [1.29, 1.82) is 0 Å². The lowest BCUT2D eigenvalue weighted by atomic mass is 10.2. The van der Waals surface area contributed by atoms with Crippen molar-refractivity contribution in [3.05, 3.63) is 77.3 Å². The third-order valence-electron chi connectivity index (χ3n) is 4.43. The van der Waals surface area contributed by atoms with Gasteiger partial charge in [0, 0.05) is 18.9 Å². The molecule has 0 radical (unpaired) electrons. The molecule has 0 atom stereocenters. The number of aromatic nitrogens is 4. The lowest BCUT2D eigenvalue weighted by molar-refractivity contribution is 0.0694. The van der Waals surface area contributed by atoms with Gasteiger partial charge in [0.05, 0.1) is 23.7 Å². The van der Waals surface area contributed by atoms with Gasteiger partial charge in [-0.25, -0.2) is 0 Å². The maximum absolute atomic E-state index is 13.0. The van der Waals surface area contributed by atoms with Gasteiger partial charge >= 0.3 is 0 Å². The number of nitrogens with zero attached hydrogens (tertiary/aromatic N) is 5. The number of carbonyl (C=O) groups excluding carboxylic acids is 1. The highest BCUT2D eigenvalue weighted by molar-refractivity contribution is 6.33. The molecule has 0 bridgehead atoms. The maximum atomic E-state index is 13.0. The fraction of sp³-hybridized carbons (Fsp3) is 0.238. The number of furan rings is 1. The Morgan fingerprint density at radius 2 is 2.00 bits per heavy atom. The van der Waals surface area contributed by atoms with Crippen LogP contribution in [-0.4, -0.2) is 37.3 Å². The monoisotopic (exact) mass is 425 g/mol. The normalized spacial score (nSPS) is 11.0. The molecule has 4 rings (SSSR count). The summed E-state index contributed by atoms with van der Waals surface area (Å²) in [6, 6.07) is 12.5. The molecule has 0 unspecified atom stereocenters. The minimum Gasteiger partial charge on any atom is -0.454 e. The molecule has 3 aromatic heterocycles. The first-order valence-electron chi connectivity index (χ1n) is 9.56. The number of halogens is 1. The summed E-state index contributed by atoms with van der Waals surface area (Å²) in [5, 5.41) is 12.8. The van der Waals surface area contributed by atoms with Crippen LogP contribution in [0, 0.1) is 0 Å². The molecule has 154 valence electrons. The topological polar surface area (TPSA) is 90.2 Å². The van der Waals surface area contributed by atoms with Gasteiger partial charge in [0.2, 0.25) is 11.8 Å². The number of amides is 1. The van der Waals surface area contributed by atoms with E-state index in [1.807, 2.05) is 31.3 Å². The van der Waals surface area contributed by atoms with Gasteiger partial charge in [-0.2, -0.15) is 5.10 Å². The van der Waals surface area contributed by atoms with Crippen LogP contribution in [0.1, 0.15) is 35.6 Å². The highest BCUT2D eigenvalue weighted by Gasteiger charge is 2.22. The lowest BCUT2D eigenvalue weighted by Crippen LogP contribution is -2.31. The minimum atomic E-state index is -0.235. The Balaban J connectivity index is 1.48. The second kappa shape index (κ2) is 8.96. The zero-order chi connectivity index (χ0) is 20.9. The van der Waals surface area contributed by atoms with Gasteiger partial charge in [0.1, 0.15) is 5.76 Å². The minimum absolute atomic E-state index is 0.180. The standard InChI is InChI=1S/C21H20ClN5O3/c1-2-11-26(14-19-24-25-20(30-19)16-6-3-4-7-17(16)22)21(28)18-9-8-15(29-18)13-27-12-5-10-23-27/h3-10,12H,2,11,13-14H2,1H3. The van der Waals surface area contributed by atoms with Crippen molar-refractivity contribution >= 4 is 17.5 Å². The van der Waals surface area contributed by atoms with Gasteiger partial charge in [0.15, 0.2) is 5.76 Å². The first-order chi connectivity index (χ1) is 14.6. The van der Waals surface area contributed by atoms with E-state index in [4.69, 9.17) is 20.4 Å². The number of hydrogen-bond acceptors (Lipinski definition) is 6. The van der Waals surface area contributed by atoms with Crippen molar-refractivity contribution in [1.82, 2.24) is 24.9 Å². The number of carbonyl (C=O) groups is 1. The predicted molar refractivity (Wildman–Crippen MR) is 110 cm³/mol. The maximum Gasteiger partial charge on any atom is 0.290 e. The van der Waals surface area contributed by atoms with Crippen LogP contribution >= 0.6 is 11.6 Å². The molecule has 0 saturated heterocycles. The zero-order valence-corrected chi connectivity index (χ0v) is 17.1. The molecule has 8 nitrogen and oxygen atoms in total. The summed E-state index contributed by atoms with van der Waals surface area (Å²) in [6.45, 7) is 3.16. The second-order valence-electron chi connectivity index (χ2n) is 6.68. The molecule has 0 spiro atoms. The quantitative estimate of drug-likeness (QED) is 0.418. The lowest BCUT2D eigenvalue weighted by Gasteiger charge is -2.18. The highest BCUT2D eigenvalue weighted by atomic mass is 35.5. The summed E-state index contributed by atoms with van der Waals surface area (Å²) < 4.78 is 13.2. The molecule has 3 heterocycles. The van der Waals surface area contributed by atoms with Gasteiger partial charge in [-0.05, 0) is 36.8 Å². The van der Waals surface area contributed by atoms with Gasteiger partial charge in [-0.3, -0.25) is 9.48 Å². The first-order valence-corrected chi connectivity index (χ1v) is 9.94. The Morgan fingerprint density at radius 3 is 2.77 bits per heavy atom. The van der Waals surface area contributed by atoms with Crippen molar-refractivity contribution < 1.29 is 13.6 Å². The van der Waals surface area contributed by atoms with E-state index in [1.165, 1.54) is 0 Å². The Kier molecular flexibility index (Phi) is 5.94. The Morgan fingerprint density at radius 1 is 1.13 bits per heavy atom. The average molecular weight is 426 g/mol. The molecule has 9 heteroatoms. The van der Waals surface area contributed by atoms with Crippen LogP contribution in [0.25, 0.3) is 11.5 Å². The van der Waals surface area contributed by atoms with E-state index < -0.39 is 0 Å². The van der Waals surface area contributed by atoms with Crippen molar-refractivity contribution in [3.8, 4) is 11.5 Å². The summed E-state index contributed by atoms with van der Waals surface area (Å²) in [7, 11) is 0. The van der Waals surface area contributed by atoms with Crippen LogP contribution in [0.4, 0.5) is 0 Å². The van der Waals surface area contributed by atoms with E-state index in [0.717, 1.165) is 6.42 Å². The molecular weight excluding hydrogens is 406 g/mol. The van der Waals surface area contributed by atoms with Crippen molar-refractivity contribution in [3.63, 3.8) is 0 Å². The zero-order valence-electron chi connectivity index (χ0n) is 16.4. The van der Waals surface area contributed by atoms with E-state index in [1.54, 1.807) is 40.0 Å². The van der Waals surface area contributed by atoms with Gasteiger partial charge in [0.25, 0.3) is 5.91 Å². The molecule has 0 fully saturated rings. The Hall–Kier alpha value is -3.39. The number of hydrogen-bond donors (Lipinski definition) is 0. The van der Waals surface area contributed by atoms with E-state index in [2.05, 4.69) is 15.3 Å². The number of benzene rings is 1. The molecule has 1 aromatic carbocycles. The van der Waals surface area contributed by atoms with E-state index in [9.17, 15) is 4.79 Å². The van der Waals surface area contributed by atoms with Crippen LogP contribution in [-0.2, 0) is 13.1 Å². The van der Waals surface area contributed by atoms with Crippen LogP contribution < -0.4 is 0 Å². The van der Waals surface area contributed by atoms with E-state index in [0.29, 0.717) is 41.2 Å². The summed E-state index contributed by atoms with van der Waals surface area (Å²) in [5.41, 5.74) is 0.653. The molecule has 0 aliphatic carbocycles. The third-order valence-corrected chi connectivity index (χ3v) is 4.76. The molecule has 0 saturated carbocycles. The SMILES string of the molecule is CCCN(Cc1nnc(-c2ccccc2Cl)o1)C(=O)c1ccc(Cn2cccn2)o1. The fourth-order valence-corrected chi connectivity index (χ4v) is 3.25. The van der Waals surface area contributed by atoms with Crippen LogP contribution in [0.15, 0.2) is 63.7 Å². The molecule has 1 amide bonds. The summed E-state index contributed by atoms with van der Waals surface area (Å²) >= 11 is 6.20. The number of rotatable bonds is 8. The van der Waals surface area contributed by atoms with Gasteiger partial charge in [-0.1, -0.05) is 30.7 Å². The molecule has 4 aromatic rings. The summed E-state index contributed by atoms with van der Waals surface area (Å²) in [6.07, 6.45) is 4.30. The van der Waals surface area contributed by atoms with Crippen molar-refractivity contribution in [2.45, 2.75) is 26.4 Å². The Bertz CT molecular complexity index is 1120. The smallest absolute Gasteiger partial charge is 0.290 e. The Labute approximate surface area is 178 Å². The summed E-state index contributed by atoms with van der Waals surface area (Å²) in [4.78, 5) is 14.6. The van der Waals surface area contributed by atoms with E-state index in [-0.39, 0.29) is 18.2 Å². The van der Waals surface area contributed by atoms with Crippen LogP contribution in [0.5, 0.6) is 0 Å². The van der Waals surface area contributed by atoms with E-state index >= 15 is 0 Å². The first kappa shape index (κ1) is 19.9. The van der Waals surface area contributed by atoms with Crippen molar-refractivity contribution in [2.75, 3.05) is 6.54 Å². The third kappa shape index (κ3) is 4.44. The largest absolute Gasteiger partial charge is 0.454 e. The molecule has 30 heavy (non-hydrogen) atoms. The molecule has 0 aliphatic rings. The predicted octanol–water partition coefficient (Wildman–Crippen LogP) is 4.28. The molecule has 0 N–H and O–H groups in total. The average Bonchev–Trinajstić information content (AvgIpc) is 3.50. The highest BCUT2D eigenvalue weighted by Crippen LogP contribution is 2.26. The fourth-order valence-electron chi connectivity index (χ4n) is 3.03. The van der Waals surface area contributed by atoms with Crippen LogP contribution in [0.3, 0.4) is 0 Å². The second-order valence-corrected chi connectivity index (χ2v) is 7.08. The summed E-state index contributed by atoms with van der Waals surface area (Å²) in [5.74, 6) is 1.32. The van der Waals surface area contributed by atoms with Gasteiger partial charge in [-0.15, -0.1) is 10.2 Å². The molecule has 0 aliphatic heterocycles.